The van der Waals surface area contributed by atoms with Crippen LogP contribution in [-0.2, 0) is 17.9 Å². The summed E-state index contributed by atoms with van der Waals surface area (Å²) in [5, 5.41) is 2.63. The van der Waals surface area contributed by atoms with Crippen molar-refractivity contribution in [3.8, 4) is 5.75 Å². The first-order chi connectivity index (χ1) is 13.8. The Balaban J connectivity index is 1.58. The Hall–Kier alpha value is -3.23. The number of ether oxygens (including phenoxy) is 1. The van der Waals surface area contributed by atoms with Gasteiger partial charge in [-0.2, -0.15) is 0 Å². The van der Waals surface area contributed by atoms with Crippen LogP contribution in [0.3, 0.4) is 0 Å². The van der Waals surface area contributed by atoms with Crippen molar-refractivity contribution in [2.75, 3.05) is 11.9 Å². The Morgan fingerprint density at radius 3 is 2.48 bits per heavy atom. The molecule has 29 heavy (non-hydrogen) atoms. The fourth-order valence-corrected chi connectivity index (χ4v) is 2.98. The number of carbonyl (C=O) groups is 1. The summed E-state index contributed by atoms with van der Waals surface area (Å²) in [4.78, 5) is 17.7. The van der Waals surface area contributed by atoms with Crippen LogP contribution in [0, 0.1) is 0 Å². The van der Waals surface area contributed by atoms with Crippen molar-refractivity contribution >= 4 is 17.6 Å². The summed E-state index contributed by atoms with van der Waals surface area (Å²) in [6.07, 6.45) is -3.30. The third kappa shape index (κ3) is 6.13. The lowest BCUT2D eigenvalue weighted by Gasteiger charge is -2.15. The number of nitrogens with two attached hydrogens (primary N) is 1. The van der Waals surface area contributed by atoms with Gasteiger partial charge in [-0.05, 0) is 29.7 Å². The first-order valence-electron chi connectivity index (χ1n) is 9.07. The standard InChI is InChI=1S/C20H21F3N4O2/c21-20(22,23)29-17-5-2-1-4-16(17)26-19(24)25-12-14-7-9-15(10-8-14)13-27-11-3-6-18(27)28/h1-2,4-5,7-10H,3,6,11-13H2,(H3,24,25,26). The fraction of sp³-hybridized carbons (Fsp3) is 0.300. The molecular formula is C20H21F3N4O2. The lowest BCUT2D eigenvalue weighted by atomic mass is 10.1. The number of hydrogen-bond acceptors (Lipinski definition) is 3. The van der Waals surface area contributed by atoms with Gasteiger partial charge in [0.15, 0.2) is 11.7 Å². The molecule has 154 valence electrons. The van der Waals surface area contributed by atoms with Gasteiger partial charge >= 0.3 is 6.36 Å². The van der Waals surface area contributed by atoms with Crippen LogP contribution in [0.25, 0.3) is 0 Å². The molecule has 9 heteroatoms. The number of carbonyl (C=O) groups excluding carboxylic acids is 1. The van der Waals surface area contributed by atoms with Crippen molar-refractivity contribution in [2.45, 2.75) is 32.3 Å². The normalized spacial score (nSPS) is 14.9. The van der Waals surface area contributed by atoms with Gasteiger partial charge in [-0.15, -0.1) is 13.2 Å². The molecule has 0 spiro atoms. The van der Waals surface area contributed by atoms with E-state index in [0.29, 0.717) is 13.0 Å². The average Bonchev–Trinajstić information content (AvgIpc) is 3.06. The van der Waals surface area contributed by atoms with Crippen LogP contribution in [-0.4, -0.2) is 29.7 Å². The van der Waals surface area contributed by atoms with Gasteiger partial charge in [-0.1, -0.05) is 36.4 Å². The maximum atomic E-state index is 12.5. The zero-order valence-electron chi connectivity index (χ0n) is 15.6. The number of nitrogens with one attached hydrogen (secondary N) is 1. The lowest BCUT2D eigenvalue weighted by molar-refractivity contribution is -0.274. The molecule has 0 bridgehead atoms. The average molecular weight is 406 g/mol. The van der Waals surface area contributed by atoms with Gasteiger partial charge in [0.25, 0.3) is 0 Å². The number of alkyl halides is 3. The maximum Gasteiger partial charge on any atom is 0.573 e. The minimum atomic E-state index is -4.80. The zero-order chi connectivity index (χ0) is 20.9. The van der Waals surface area contributed by atoms with E-state index < -0.39 is 6.36 Å². The van der Waals surface area contributed by atoms with Crippen molar-refractivity contribution in [1.29, 1.82) is 0 Å². The number of aliphatic imine (C=N–C) groups is 1. The molecule has 1 aliphatic heterocycles. The highest BCUT2D eigenvalue weighted by Gasteiger charge is 2.32. The number of hydrogen-bond donors (Lipinski definition) is 2. The van der Waals surface area contributed by atoms with E-state index in [-0.39, 0.29) is 29.8 Å². The third-order valence-corrected chi connectivity index (χ3v) is 4.38. The Bertz CT molecular complexity index is 882. The summed E-state index contributed by atoms with van der Waals surface area (Å²) in [7, 11) is 0. The van der Waals surface area contributed by atoms with Gasteiger partial charge in [-0.3, -0.25) is 4.79 Å². The molecule has 0 unspecified atom stereocenters. The number of nitrogens with zero attached hydrogens (tertiary/aromatic N) is 2. The molecule has 1 fully saturated rings. The van der Waals surface area contributed by atoms with E-state index in [1.54, 1.807) is 6.07 Å². The molecule has 3 N–H and O–H groups in total. The molecule has 1 saturated heterocycles. The van der Waals surface area contributed by atoms with Gasteiger partial charge < -0.3 is 20.7 Å². The molecule has 0 saturated carbocycles. The van der Waals surface area contributed by atoms with E-state index >= 15 is 0 Å². The maximum absolute atomic E-state index is 12.5. The lowest BCUT2D eigenvalue weighted by Crippen LogP contribution is -2.24. The Kier molecular flexibility index (Phi) is 6.26. The summed E-state index contributed by atoms with van der Waals surface area (Å²) in [5.74, 6) is -0.249. The van der Waals surface area contributed by atoms with E-state index in [1.165, 1.54) is 18.2 Å². The molecule has 0 radical (unpaired) electrons. The molecule has 0 atom stereocenters. The molecule has 3 rings (SSSR count). The highest BCUT2D eigenvalue weighted by Crippen LogP contribution is 2.29. The highest BCUT2D eigenvalue weighted by atomic mass is 19.4. The van der Waals surface area contributed by atoms with Crippen LogP contribution in [0.2, 0.25) is 0 Å². The molecular weight excluding hydrogens is 385 g/mol. The largest absolute Gasteiger partial charge is 0.573 e. The SMILES string of the molecule is NC(=NCc1ccc(CN2CCCC2=O)cc1)Nc1ccccc1OC(F)(F)F. The van der Waals surface area contributed by atoms with Gasteiger partial charge in [0.1, 0.15) is 0 Å². The minimum absolute atomic E-state index is 0.0324. The molecule has 1 amide bonds. The Morgan fingerprint density at radius 2 is 1.83 bits per heavy atom. The number of halogens is 3. The van der Waals surface area contributed by atoms with Crippen LogP contribution < -0.4 is 15.8 Å². The van der Waals surface area contributed by atoms with Crippen molar-refractivity contribution in [1.82, 2.24) is 4.90 Å². The number of guanidine groups is 1. The number of likely N-dealkylation sites (tertiary alicyclic amines) is 1. The molecule has 0 aliphatic carbocycles. The van der Waals surface area contributed by atoms with Crippen molar-refractivity contribution in [3.05, 3.63) is 59.7 Å². The zero-order valence-corrected chi connectivity index (χ0v) is 15.6. The van der Waals surface area contributed by atoms with E-state index in [9.17, 15) is 18.0 Å². The predicted molar refractivity (Wildman–Crippen MR) is 103 cm³/mol. The van der Waals surface area contributed by atoms with E-state index in [2.05, 4.69) is 15.0 Å². The molecule has 2 aromatic rings. The first kappa shape index (κ1) is 20.5. The van der Waals surface area contributed by atoms with Crippen LogP contribution in [0.5, 0.6) is 5.75 Å². The van der Waals surface area contributed by atoms with Crippen molar-refractivity contribution < 1.29 is 22.7 Å². The molecule has 1 heterocycles. The van der Waals surface area contributed by atoms with E-state index in [0.717, 1.165) is 24.1 Å². The number of amides is 1. The Morgan fingerprint density at radius 1 is 1.14 bits per heavy atom. The molecule has 6 nitrogen and oxygen atoms in total. The van der Waals surface area contributed by atoms with Crippen LogP contribution in [0.1, 0.15) is 24.0 Å². The minimum Gasteiger partial charge on any atom is -0.404 e. The van der Waals surface area contributed by atoms with E-state index in [1.807, 2.05) is 29.2 Å². The topological polar surface area (TPSA) is 80.0 Å². The number of rotatable bonds is 6. The van der Waals surface area contributed by atoms with Crippen molar-refractivity contribution in [3.63, 3.8) is 0 Å². The first-order valence-corrected chi connectivity index (χ1v) is 9.07. The van der Waals surface area contributed by atoms with Gasteiger partial charge in [0, 0.05) is 19.5 Å². The summed E-state index contributed by atoms with van der Waals surface area (Å²) in [6, 6.07) is 13.2. The molecule has 2 aromatic carbocycles. The van der Waals surface area contributed by atoms with Crippen LogP contribution >= 0.6 is 0 Å². The van der Waals surface area contributed by atoms with E-state index in [4.69, 9.17) is 5.73 Å². The number of benzene rings is 2. The second kappa shape index (κ2) is 8.85. The summed E-state index contributed by atoms with van der Waals surface area (Å²) in [6.45, 7) is 1.62. The van der Waals surface area contributed by atoms with Gasteiger partial charge in [0.05, 0.1) is 12.2 Å². The van der Waals surface area contributed by atoms with Crippen LogP contribution in [0.4, 0.5) is 18.9 Å². The quantitative estimate of drug-likeness (QED) is 0.567. The number of anilines is 1. The van der Waals surface area contributed by atoms with Gasteiger partial charge in [-0.25, -0.2) is 4.99 Å². The second-order valence-corrected chi connectivity index (χ2v) is 6.61. The Labute approximate surface area is 166 Å². The monoisotopic (exact) mass is 406 g/mol. The molecule has 1 aliphatic rings. The van der Waals surface area contributed by atoms with Gasteiger partial charge in [0.2, 0.25) is 5.91 Å². The summed E-state index contributed by atoms with van der Waals surface area (Å²) in [5.41, 5.74) is 7.77. The summed E-state index contributed by atoms with van der Waals surface area (Å²) < 4.78 is 41.4. The fourth-order valence-electron chi connectivity index (χ4n) is 2.98. The highest BCUT2D eigenvalue weighted by molar-refractivity contribution is 5.93. The molecule has 0 aromatic heterocycles. The van der Waals surface area contributed by atoms with Crippen LogP contribution in [0.15, 0.2) is 53.5 Å². The second-order valence-electron chi connectivity index (χ2n) is 6.61. The third-order valence-electron chi connectivity index (χ3n) is 4.38. The van der Waals surface area contributed by atoms with Crippen molar-refractivity contribution in [2.24, 2.45) is 10.7 Å². The number of para-hydroxylation sites is 2. The smallest absolute Gasteiger partial charge is 0.404 e. The predicted octanol–water partition coefficient (Wildman–Crippen LogP) is 3.63. The summed E-state index contributed by atoms with van der Waals surface area (Å²) >= 11 is 0.